The highest BCUT2D eigenvalue weighted by Crippen LogP contribution is 2.24. The summed E-state index contributed by atoms with van der Waals surface area (Å²) in [6.07, 6.45) is 0. The Hall–Kier alpha value is -3.16. The zero-order valence-corrected chi connectivity index (χ0v) is 15.4. The van der Waals surface area contributed by atoms with E-state index in [1.54, 1.807) is 48.5 Å². The normalized spacial score (nSPS) is 11.0. The molecule has 0 saturated heterocycles. The van der Waals surface area contributed by atoms with E-state index in [1.165, 1.54) is 12.1 Å². The van der Waals surface area contributed by atoms with Crippen LogP contribution in [0.5, 0.6) is 11.5 Å². The molecule has 0 aliphatic heterocycles. The van der Waals surface area contributed by atoms with Crippen LogP contribution < -0.4 is 15.0 Å². The van der Waals surface area contributed by atoms with Crippen LogP contribution in [0.4, 0.5) is 0 Å². The Morgan fingerprint density at radius 1 is 0.852 bits per heavy atom. The average Bonchev–Trinajstić information content (AvgIpc) is 2.68. The molecule has 1 amide bonds. The minimum absolute atomic E-state index is 0.0576. The van der Waals surface area contributed by atoms with Gasteiger partial charge in [0, 0.05) is 0 Å². The summed E-state index contributed by atoms with van der Waals surface area (Å²) in [5.41, 5.74) is 3.36. The third-order valence-electron chi connectivity index (χ3n) is 3.73. The second-order valence-corrected chi connectivity index (χ2v) is 7.47. The van der Waals surface area contributed by atoms with Gasteiger partial charge in [0.1, 0.15) is 11.5 Å². The molecule has 3 aromatic carbocycles. The minimum atomic E-state index is -3.87. The lowest BCUT2D eigenvalue weighted by Gasteiger charge is -2.12. The molecule has 0 heterocycles. The fraction of sp³-hybridized carbons (Fsp3) is 0.0500. The Balaban J connectivity index is 1.74. The summed E-state index contributed by atoms with van der Waals surface area (Å²) in [7, 11) is -3.87. The Morgan fingerprint density at radius 3 is 2.19 bits per heavy atom. The van der Waals surface area contributed by atoms with E-state index in [0.717, 1.165) is 5.56 Å². The second kappa shape index (κ2) is 8.03. The molecular formula is C20H18N2O4S. The monoisotopic (exact) mass is 382 g/mol. The van der Waals surface area contributed by atoms with E-state index in [-0.39, 0.29) is 10.5 Å². The van der Waals surface area contributed by atoms with Crippen LogP contribution in [0.3, 0.4) is 0 Å². The van der Waals surface area contributed by atoms with Crippen LogP contribution in [-0.4, -0.2) is 14.3 Å². The fourth-order valence-electron chi connectivity index (χ4n) is 2.32. The molecule has 27 heavy (non-hydrogen) atoms. The van der Waals surface area contributed by atoms with Gasteiger partial charge in [-0.25, -0.2) is 8.42 Å². The van der Waals surface area contributed by atoms with Crippen molar-refractivity contribution in [3.63, 3.8) is 0 Å². The summed E-state index contributed by atoms with van der Waals surface area (Å²) in [6.45, 7) is 1.86. The Morgan fingerprint density at radius 2 is 1.48 bits per heavy atom. The Bertz CT molecular complexity index is 1030. The van der Waals surface area contributed by atoms with Crippen LogP contribution in [0.15, 0.2) is 83.8 Å². The highest BCUT2D eigenvalue weighted by atomic mass is 32.2. The number of hydrogen-bond donors (Lipinski definition) is 2. The molecule has 0 aliphatic carbocycles. The number of rotatable bonds is 6. The van der Waals surface area contributed by atoms with Crippen molar-refractivity contribution < 1.29 is 17.9 Å². The molecule has 2 N–H and O–H groups in total. The minimum Gasteiger partial charge on any atom is -0.457 e. The van der Waals surface area contributed by atoms with Crippen LogP contribution in [0.1, 0.15) is 15.9 Å². The van der Waals surface area contributed by atoms with Gasteiger partial charge in [-0.05, 0) is 43.3 Å². The molecule has 0 aliphatic rings. The van der Waals surface area contributed by atoms with Crippen LogP contribution in [-0.2, 0) is 10.0 Å². The molecule has 0 spiro atoms. The third-order valence-corrected chi connectivity index (χ3v) is 5.00. The summed E-state index contributed by atoms with van der Waals surface area (Å²) in [6, 6.07) is 21.9. The predicted octanol–water partition coefficient (Wildman–Crippen LogP) is 3.41. The number of hydrazine groups is 1. The first-order valence-corrected chi connectivity index (χ1v) is 9.65. The molecule has 0 aromatic heterocycles. The van der Waals surface area contributed by atoms with E-state index in [1.807, 2.05) is 25.1 Å². The topological polar surface area (TPSA) is 84.5 Å². The number of aryl methyl sites for hydroxylation is 1. The van der Waals surface area contributed by atoms with Crippen molar-refractivity contribution in [2.75, 3.05) is 0 Å². The van der Waals surface area contributed by atoms with Gasteiger partial charge in [-0.1, -0.05) is 48.0 Å². The molecule has 7 heteroatoms. The molecular weight excluding hydrogens is 364 g/mol. The molecule has 0 atom stereocenters. The number of para-hydroxylation sites is 2. The van der Waals surface area contributed by atoms with E-state index in [9.17, 15) is 13.2 Å². The maximum absolute atomic E-state index is 12.5. The zero-order chi connectivity index (χ0) is 19.3. The summed E-state index contributed by atoms with van der Waals surface area (Å²) in [5.74, 6) is 0.255. The lowest BCUT2D eigenvalue weighted by Crippen LogP contribution is -2.41. The quantitative estimate of drug-likeness (QED) is 0.640. The SMILES string of the molecule is Cc1ccc(S(=O)(=O)NNC(=O)c2ccccc2Oc2ccccc2)cc1. The van der Waals surface area contributed by atoms with Gasteiger partial charge in [0.25, 0.3) is 15.9 Å². The summed E-state index contributed by atoms with van der Waals surface area (Å²) < 4.78 is 30.3. The first kappa shape index (κ1) is 18.6. The Kier molecular flexibility index (Phi) is 5.54. The number of amides is 1. The highest BCUT2D eigenvalue weighted by molar-refractivity contribution is 7.89. The average molecular weight is 382 g/mol. The molecule has 0 radical (unpaired) electrons. The van der Waals surface area contributed by atoms with Crippen molar-refractivity contribution in [2.45, 2.75) is 11.8 Å². The van der Waals surface area contributed by atoms with Crippen LogP contribution in [0, 0.1) is 6.92 Å². The molecule has 0 unspecified atom stereocenters. The van der Waals surface area contributed by atoms with Gasteiger partial charge >= 0.3 is 0 Å². The van der Waals surface area contributed by atoms with Crippen molar-refractivity contribution in [1.82, 2.24) is 10.3 Å². The van der Waals surface area contributed by atoms with Crippen molar-refractivity contribution >= 4 is 15.9 Å². The molecule has 3 rings (SSSR count). The fourth-order valence-corrected chi connectivity index (χ4v) is 3.16. The number of hydrogen-bond acceptors (Lipinski definition) is 4. The van der Waals surface area contributed by atoms with Gasteiger partial charge in [-0.15, -0.1) is 4.83 Å². The zero-order valence-electron chi connectivity index (χ0n) is 14.5. The lowest BCUT2D eigenvalue weighted by molar-refractivity contribution is 0.0943. The number of ether oxygens (including phenoxy) is 1. The molecule has 3 aromatic rings. The number of sulfonamides is 1. The van der Waals surface area contributed by atoms with Crippen LogP contribution >= 0.6 is 0 Å². The van der Waals surface area contributed by atoms with Crippen LogP contribution in [0.2, 0.25) is 0 Å². The first-order chi connectivity index (χ1) is 13.0. The van der Waals surface area contributed by atoms with Crippen molar-refractivity contribution in [1.29, 1.82) is 0 Å². The predicted molar refractivity (Wildman–Crippen MR) is 102 cm³/mol. The van der Waals surface area contributed by atoms with Gasteiger partial charge in [-0.2, -0.15) is 0 Å². The molecule has 0 fully saturated rings. The molecule has 0 saturated carbocycles. The summed E-state index contributed by atoms with van der Waals surface area (Å²) in [5, 5.41) is 0. The second-order valence-electron chi connectivity index (χ2n) is 5.78. The van der Waals surface area contributed by atoms with Gasteiger partial charge in [0.2, 0.25) is 0 Å². The first-order valence-electron chi connectivity index (χ1n) is 8.16. The largest absolute Gasteiger partial charge is 0.457 e. The van der Waals surface area contributed by atoms with Crippen LogP contribution in [0.25, 0.3) is 0 Å². The third kappa shape index (κ3) is 4.72. The van der Waals surface area contributed by atoms with E-state index in [2.05, 4.69) is 10.3 Å². The number of benzene rings is 3. The highest BCUT2D eigenvalue weighted by Gasteiger charge is 2.18. The van der Waals surface area contributed by atoms with Crippen molar-refractivity contribution in [3.8, 4) is 11.5 Å². The van der Waals surface area contributed by atoms with Gasteiger partial charge in [0.15, 0.2) is 0 Å². The van der Waals surface area contributed by atoms with Gasteiger partial charge < -0.3 is 4.74 Å². The molecule has 0 bridgehead atoms. The van der Waals surface area contributed by atoms with E-state index >= 15 is 0 Å². The standard InChI is InChI=1S/C20H18N2O4S/c1-15-11-13-17(14-12-15)27(24,25)22-21-20(23)18-9-5-6-10-19(18)26-16-7-3-2-4-8-16/h2-14,22H,1H3,(H,21,23). The number of carbonyl (C=O) groups is 1. The van der Waals surface area contributed by atoms with E-state index in [0.29, 0.717) is 11.5 Å². The van der Waals surface area contributed by atoms with E-state index < -0.39 is 15.9 Å². The summed E-state index contributed by atoms with van der Waals surface area (Å²) in [4.78, 5) is 14.6. The van der Waals surface area contributed by atoms with E-state index in [4.69, 9.17) is 4.74 Å². The lowest BCUT2D eigenvalue weighted by atomic mass is 10.2. The number of carbonyl (C=O) groups excluding carboxylic acids is 1. The Labute approximate surface area is 157 Å². The summed E-state index contributed by atoms with van der Waals surface area (Å²) >= 11 is 0. The van der Waals surface area contributed by atoms with Crippen molar-refractivity contribution in [3.05, 3.63) is 90.0 Å². The van der Waals surface area contributed by atoms with Crippen molar-refractivity contribution in [2.24, 2.45) is 0 Å². The van der Waals surface area contributed by atoms with Gasteiger partial charge in [-0.3, -0.25) is 10.2 Å². The van der Waals surface area contributed by atoms with Gasteiger partial charge in [0.05, 0.1) is 10.5 Å². The number of nitrogens with one attached hydrogen (secondary N) is 2. The maximum Gasteiger partial charge on any atom is 0.270 e. The molecule has 6 nitrogen and oxygen atoms in total. The smallest absolute Gasteiger partial charge is 0.270 e. The molecule has 138 valence electrons. The maximum atomic E-state index is 12.5.